The summed E-state index contributed by atoms with van der Waals surface area (Å²) in [5.41, 5.74) is 5.30. The highest BCUT2D eigenvalue weighted by Gasteiger charge is 2.30. The number of carbonyl (C=O) groups excluding carboxylic acids is 2. The molecule has 1 saturated carbocycles. The molecule has 7 nitrogen and oxygen atoms in total. The molecule has 24 heavy (non-hydrogen) atoms. The number of hydrogen-bond donors (Lipinski definition) is 2. The molecule has 3 amide bonds. The van der Waals surface area contributed by atoms with Gasteiger partial charge in [0.25, 0.3) is 0 Å². The predicted octanol–water partition coefficient (Wildman–Crippen LogP) is 2.10. The molecular formula is C15H16FN5O2S. The summed E-state index contributed by atoms with van der Waals surface area (Å²) in [6, 6.07) is 5.84. The quantitative estimate of drug-likeness (QED) is 0.778. The zero-order valence-corrected chi connectivity index (χ0v) is 13.6. The molecule has 0 unspecified atom stereocenters. The van der Waals surface area contributed by atoms with Crippen molar-refractivity contribution in [2.24, 2.45) is 5.73 Å². The molecule has 9 heteroatoms. The van der Waals surface area contributed by atoms with E-state index in [-0.39, 0.29) is 18.3 Å². The van der Waals surface area contributed by atoms with Crippen molar-refractivity contribution in [3.05, 3.63) is 30.1 Å². The number of hydrogen-bond acceptors (Lipinski definition) is 5. The number of nitrogens with one attached hydrogen (secondary N) is 1. The van der Waals surface area contributed by atoms with E-state index < -0.39 is 11.9 Å². The Morgan fingerprint density at radius 3 is 2.75 bits per heavy atom. The van der Waals surface area contributed by atoms with Gasteiger partial charge < -0.3 is 5.73 Å². The Bertz CT molecular complexity index is 775. The maximum atomic E-state index is 14.0. The van der Waals surface area contributed by atoms with E-state index in [4.69, 9.17) is 5.73 Å². The molecule has 3 rings (SSSR count). The fourth-order valence-corrected chi connectivity index (χ4v) is 3.24. The first-order valence-electron chi connectivity index (χ1n) is 7.48. The van der Waals surface area contributed by atoms with E-state index in [1.807, 2.05) is 9.88 Å². The molecule has 0 bridgehead atoms. The van der Waals surface area contributed by atoms with Crippen LogP contribution < -0.4 is 11.1 Å². The molecule has 0 radical (unpaired) electrons. The van der Waals surface area contributed by atoms with E-state index >= 15 is 0 Å². The van der Waals surface area contributed by atoms with Crippen LogP contribution in [-0.2, 0) is 4.79 Å². The second kappa shape index (κ2) is 7.00. The smallest absolute Gasteiger partial charge is 0.318 e. The van der Waals surface area contributed by atoms with Gasteiger partial charge in [0, 0.05) is 18.2 Å². The number of aromatic nitrogens is 3. The summed E-state index contributed by atoms with van der Waals surface area (Å²) in [7, 11) is 0. The molecule has 1 fully saturated rings. The van der Waals surface area contributed by atoms with Crippen LogP contribution in [0.1, 0.15) is 25.3 Å². The van der Waals surface area contributed by atoms with Gasteiger partial charge in [0.15, 0.2) is 11.0 Å². The van der Waals surface area contributed by atoms with E-state index in [1.165, 1.54) is 17.8 Å². The van der Waals surface area contributed by atoms with Gasteiger partial charge in [0.2, 0.25) is 5.91 Å². The number of rotatable bonds is 6. The topological polar surface area (TPSA) is 103 Å². The summed E-state index contributed by atoms with van der Waals surface area (Å²) in [6.45, 7) is 0. The summed E-state index contributed by atoms with van der Waals surface area (Å²) >= 11 is 1.35. The number of nitrogens with zero attached hydrogens (tertiary/aromatic N) is 3. The lowest BCUT2D eigenvalue weighted by atomic mass is 10.2. The first kappa shape index (κ1) is 16.4. The number of benzene rings is 1. The summed E-state index contributed by atoms with van der Waals surface area (Å²) in [4.78, 5) is 22.0. The third kappa shape index (κ3) is 3.73. The number of halogens is 1. The van der Waals surface area contributed by atoms with Gasteiger partial charge in [-0.3, -0.25) is 14.7 Å². The highest BCUT2D eigenvalue weighted by molar-refractivity contribution is 7.99. The number of carbonyl (C=O) groups is 2. The molecular weight excluding hydrogens is 333 g/mol. The van der Waals surface area contributed by atoms with E-state index in [0.29, 0.717) is 22.3 Å². The highest BCUT2D eigenvalue weighted by Crippen LogP contribution is 2.41. The normalized spacial score (nSPS) is 13.7. The van der Waals surface area contributed by atoms with Crippen LogP contribution in [0.4, 0.5) is 9.18 Å². The average molecular weight is 349 g/mol. The van der Waals surface area contributed by atoms with Gasteiger partial charge in [-0.15, -0.1) is 10.2 Å². The lowest BCUT2D eigenvalue weighted by molar-refractivity contribution is -0.119. The Hall–Kier alpha value is -2.42. The molecule has 3 N–H and O–H groups in total. The molecule has 1 aliphatic rings. The highest BCUT2D eigenvalue weighted by atomic mass is 32.2. The summed E-state index contributed by atoms with van der Waals surface area (Å²) in [6.07, 6.45) is 2.12. The van der Waals surface area contributed by atoms with Gasteiger partial charge in [-0.05, 0) is 25.0 Å². The van der Waals surface area contributed by atoms with Crippen LogP contribution in [0.15, 0.2) is 29.4 Å². The van der Waals surface area contributed by atoms with E-state index in [2.05, 4.69) is 10.2 Å². The Kier molecular flexibility index (Phi) is 4.79. The number of thioether (sulfide) groups is 1. The number of urea groups is 1. The molecule has 1 aromatic carbocycles. The van der Waals surface area contributed by atoms with Crippen molar-refractivity contribution in [3.8, 4) is 11.4 Å². The van der Waals surface area contributed by atoms with Crippen LogP contribution in [0.25, 0.3) is 11.4 Å². The fraction of sp³-hybridized carbons (Fsp3) is 0.333. The number of imide groups is 1. The summed E-state index contributed by atoms with van der Waals surface area (Å²) in [5, 5.41) is 10.9. The van der Waals surface area contributed by atoms with Crippen molar-refractivity contribution in [1.29, 1.82) is 0 Å². The third-order valence-electron chi connectivity index (χ3n) is 3.51. The number of amides is 3. The van der Waals surface area contributed by atoms with Gasteiger partial charge in [0.1, 0.15) is 5.82 Å². The van der Waals surface area contributed by atoms with Crippen molar-refractivity contribution in [1.82, 2.24) is 20.1 Å². The van der Waals surface area contributed by atoms with Gasteiger partial charge in [0.05, 0.1) is 5.56 Å². The SMILES string of the molecule is NC(=O)NC(=O)CCSc1nnc(-c2ccccc2F)n1C1CC1. The van der Waals surface area contributed by atoms with Gasteiger partial charge in [-0.25, -0.2) is 9.18 Å². The van der Waals surface area contributed by atoms with Crippen LogP contribution in [0.2, 0.25) is 0 Å². The van der Waals surface area contributed by atoms with Gasteiger partial charge in [-0.2, -0.15) is 0 Å². The van der Waals surface area contributed by atoms with Crippen LogP contribution in [0.3, 0.4) is 0 Å². The van der Waals surface area contributed by atoms with Crippen LogP contribution in [0.5, 0.6) is 0 Å². The summed E-state index contributed by atoms with van der Waals surface area (Å²) < 4.78 is 16.0. The molecule has 0 aliphatic heterocycles. The minimum Gasteiger partial charge on any atom is -0.351 e. The maximum absolute atomic E-state index is 14.0. The maximum Gasteiger partial charge on any atom is 0.318 e. The lowest BCUT2D eigenvalue weighted by Crippen LogP contribution is -2.35. The molecule has 1 aliphatic carbocycles. The molecule has 126 valence electrons. The Labute approximate surface area is 141 Å². The zero-order valence-electron chi connectivity index (χ0n) is 12.7. The lowest BCUT2D eigenvalue weighted by Gasteiger charge is -2.09. The largest absolute Gasteiger partial charge is 0.351 e. The van der Waals surface area contributed by atoms with Crippen molar-refractivity contribution in [3.63, 3.8) is 0 Å². The van der Waals surface area contributed by atoms with Gasteiger partial charge in [-0.1, -0.05) is 23.9 Å². The zero-order chi connectivity index (χ0) is 17.1. The minimum atomic E-state index is -0.868. The van der Waals surface area contributed by atoms with E-state index in [1.54, 1.807) is 18.2 Å². The van der Waals surface area contributed by atoms with Crippen molar-refractivity contribution >= 4 is 23.7 Å². The fourth-order valence-electron chi connectivity index (χ4n) is 2.30. The minimum absolute atomic E-state index is 0.125. The molecule has 2 aromatic rings. The van der Waals surface area contributed by atoms with E-state index in [0.717, 1.165) is 12.8 Å². The molecule has 0 spiro atoms. The number of nitrogens with two attached hydrogens (primary N) is 1. The average Bonchev–Trinajstić information content (AvgIpc) is 3.28. The second-order valence-electron chi connectivity index (χ2n) is 5.40. The Morgan fingerprint density at radius 2 is 2.08 bits per heavy atom. The third-order valence-corrected chi connectivity index (χ3v) is 4.46. The summed E-state index contributed by atoms with van der Waals surface area (Å²) in [5.74, 6) is 0.131. The second-order valence-corrected chi connectivity index (χ2v) is 6.46. The molecule has 0 saturated heterocycles. The molecule has 1 aromatic heterocycles. The van der Waals surface area contributed by atoms with Crippen molar-refractivity contribution < 1.29 is 14.0 Å². The van der Waals surface area contributed by atoms with Crippen molar-refractivity contribution in [2.45, 2.75) is 30.5 Å². The van der Waals surface area contributed by atoms with Crippen molar-refractivity contribution in [2.75, 3.05) is 5.75 Å². The van der Waals surface area contributed by atoms with Gasteiger partial charge >= 0.3 is 6.03 Å². The molecule has 1 heterocycles. The van der Waals surface area contributed by atoms with Crippen LogP contribution in [-0.4, -0.2) is 32.5 Å². The van der Waals surface area contributed by atoms with Crippen LogP contribution in [0, 0.1) is 5.82 Å². The number of primary amides is 1. The standard InChI is InChI=1S/C15H16FN5O2S/c16-11-4-2-1-3-10(11)13-19-20-15(21(13)9-5-6-9)24-8-7-12(22)18-14(17)23/h1-4,9H,5-8H2,(H3,17,18,22,23). The van der Waals surface area contributed by atoms with Crippen LogP contribution >= 0.6 is 11.8 Å². The first-order valence-corrected chi connectivity index (χ1v) is 8.46. The Balaban J connectivity index is 1.74. The predicted molar refractivity (Wildman–Crippen MR) is 86.8 cm³/mol. The first-order chi connectivity index (χ1) is 11.6. The molecule has 0 atom stereocenters. The Morgan fingerprint density at radius 1 is 1.33 bits per heavy atom. The van der Waals surface area contributed by atoms with E-state index in [9.17, 15) is 14.0 Å². The monoisotopic (exact) mass is 349 g/mol.